The van der Waals surface area contributed by atoms with Crippen molar-refractivity contribution in [3.63, 3.8) is 0 Å². The third-order valence-electron chi connectivity index (χ3n) is 5.70. The minimum atomic E-state index is -0.0524. The van der Waals surface area contributed by atoms with Gasteiger partial charge in [0.25, 0.3) is 0 Å². The molecule has 30 heavy (non-hydrogen) atoms. The van der Waals surface area contributed by atoms with Crippen LogP contribution in [-0.4, -0.2) is 42.5 Å². The molecular weight excluding hydrogens is 392 g/mol. The number of nitrogens with zero attached hydrogens (tertiary/aromatic N) is 2. The quantitative estimate of drug-likeness (QED) is 0.467. The van der Waals surface area contributed by atoms with Crippen LogP contribution in [0, 0.1) is 0 Å². The zero-order chi connectivity index (χ0) is 20.6. The number of hydrogen-bond donors (Lipinski definition) is 0. The zero-order valence-electron chi connectivity index (χ0n) is 17.3. The molecule has 1 atom stereocenters. The Balaban J connectivity index is 1.33. The van der Waals surface area contributed by atoms with Gasteiger partial charge in [-0.15, -0.1) is 0 Å². The third-order valence-corrected chi connectivity index (χ3v) is 6.04. The van der Waals surface area contributed by atoms with E-state index < -0.39 is 0 Å². The van der Waals surface area contributed by atoms with Gasteiger partial charge in [-0.1, -0.05) is 78.3 Å². The molecule has 3 nitrogen and oxygen atoms in total. The van der Waals surface area contributed by atoms with Gasteiger partial charge in [-0.05, 0) is 23.8 Å². The number of benzene rings is 3. The smallest absolute Gasteiger partial charge is 0.126 e. The molecule has 156 valence electrons. The molecule has 0 spiro atoms. The maximum Gasteiger partial charge on any atom is 0.126 e. The molecule has 0 aromatic heterocycles. The second-order valence-corrected chi connectivity index (χ2v) is 8.24. The Morgan fingerprint density at radius 1 is 0.733 bits per heavy atom. The molecule has 1 saturated heterocycles. The van der Waals surface area contributed by atoms with E-state index in [0.29, 0.717) is 0 Å². The molecule has 0 bridgehead atoms. The summed E-state index contributed by atoms with van der Waals surface area (Å²) in [5.74, 6) is 0.884. The minimum absolute atomic E-state index is 0.0524. The van der Waals surface area contributed by atoms with E-state index in [1.807, 2.05) is 48.5 Å². The summed E-state index contributed by atoms with van der Waals surface area (Å²) < 4.78 is 6.35. The van der Waals surface area contributed by atoms with Gasteiger partial charge < -0.3 is 9.64 Å². The number of ether oxygens (including phenoxy) is 1. The molecule has 0 N–H and O–H groups in total. The van der Waals surface area contributed by atoms with E-state index in [9.17, 15) is 0 Å². The Morgan fingerprint density at radius 2 is 1.33 bits per heavy atom. The van der Waals surface area contributed by atoms with Gasteiger partial charge >= 0.3 is 0 Å². The van der Waals surface area contributed by atoms with Crippen LogP contribution in [0.2, 0.25) is 5.02 Å². The summed E-state index contributed by atoms with van der Waals surface area (Å²) in [6.07, 6.45) is 0.862. The van der Waals surface area contributed by atoms with Crippen LogP contribution < -0.4 is 4.74 Å². The van der Waals surface area contributed by atoms with Crippen LogP contribution in [0.1, 0.15) is 23.7 Å². The van der Waals surface area contributed by atoms with Gasteiger partial charge in [-0.3, -0.25) is 4.90 Å². The number of rotatable bonds is 8. The second-order valence-electron chi connectivity index (χ2n) is 7.83. The topological polar surface area (TPSA) is 15.7 Å². The van der Waals surface area contributed by atoms with Crippen molar-refractivity contribution in [2.24, 2.45) is 0 Å². The van der Waals surface area contributed by atoms with Gasteiger partial charge in [0.15, 0.2) is 0 Å². The molecule has 1 heterocycles. The number of para-hydroxylation sites is 1. The SMILES string of the molecule is Clc1ccccc1C(CCN1CCN(Cc2ccccc2)CC1)Oc1ccccc1. The fourth-order valence-electron chi connectivity index (χ4n) is 3.99. The van der Waals surface area contributed by atoms with Crippen LogP contribution in [0.3, 0.4) is 0 Å². The molecule has 0 saturated carbocycles. The number of piperazine rings is 1. The third kappa shape index (κ3) is 5.85. The Hall–Kier alpha value is -2.33. The van der Waals surface area contributed by atoms with E-state index in [1.165, 1.54) is 5.56 Å². The molecule has 0 amide bonds. The van der Waals surface area contributed by atoms with Crippen LogP contribution in [0.15, 0.2) is 84.9 Å². The van der Waals surface area contributed by atoms with Crippen molar-refractivity contribution in [2.45, 2.75) is 19.1 Å². The lowest BCUT2D eigenvalue weighted by atomic mass is 10.1. The Labute approximate surface area is 184 Å². The van der Waals surface area contributed by atoms with E-state index in [4.69, 9.17) is 16.3 Å². The predicted molar refractivity (Wildman–Crippen MR) is 124 cm³/mol. The molecule has 0 radical (unpaired) electrons. The summed E-state index contributed by atoms with van der Waals surface area (Å²) in [5, 5.41) is 0.770. The van der Waals surface area contributed by atoms with Crippen molar-refractivity contribution >= 4 is 11.6 Å². The van der Waals surface area contributed by atoms with Crippen molar-refractivity contribution in [1.29, 1.82) is 0 Å². The van der Waals surface area contributed by atoms with Crippen LogP contribution >= 0.6 is 11.6 Å². The summed E-state index contributed by atoms with van der Waals surface area (Å²) >= 11 is 6.50. The monoisotopic (exact) mass is 420 g/mol. The van der Waals surface area contributed by atoms with Gasteiger partial charge in [0.1, 0.15) is 11.9 Å². The molecule has 3 aromatic rings. The summed E-state index contributed by atoms with van der Waals surface area (Å²) in [4.78, 5) is 5.08. The summed E-state index contributed by atoms with van der Waals surface area (Å²) in [5.41, 5.74) is 2.45. The van der Waals surface area contributed by atoms with E-state index in [2.05, 4.69) is 46.2 Å². The molecule has 1 aliphatic heterocycles. The zero-order valence-corrected chi connectivity index (χ0v) is 18.0. The van der Waals surface area contributed by atoms with Crippen LogP contribution in [-0.2, 0) is 6.54 Å². The Bertz CT molecular complexity index is 895. The van der Waals surface area contributed by atoms with Gasteiger partial charge in [-0.2, -0.15) is 0 Å². The fraction of sp³-hybridized carbons (Fsp3) is 0.308. The largest absolute Gasteiger partial charge is 0.486 e. The lowest BCUT2D eigenvalue weighted by Gasteiger charge is -2.35. The van der Waals surface area contributed by atoms with Crippen molar-refractivity contribution < 1.29 is 4.74 Å². The first-order chi connectivity index (χ1) is 14.8. The highest BCUT2D eigenvalue weighted by atomic mass is 35.5. The van der Waals surface area contributed by atoms with Gasteiger partial charge in [0, 0.05) is 56.3 Å². The van der Waals surface area contributed by atoms with Crippen molar-refractivity contribution in [2.75, 3.05) is 32.7 Å². The fourth-order valence-corrected chi connectivity index (χ4v) is 4.25. The molecule has 4 rings (SSSR count). The maximum absolute atomic E-state index is 6.50. The summed E-state index contributed by atoms with van der Waals surface area (Å²) in [7, 11) is 0. The average molecular weight is 421 g/mol. The van der Waals surface area contributed by atoms with Gasteiger partial charge in [0.2, 0.25) is 0 Å². The summed E-state index contributed by atoms with van der Waals surface area (Å²) in [6.45, 7) is 6.42. The molecule has 0 aliphatic carbocycles. The molecular formula is C26H29ClN2O. The molecule has 3 aromatic carbocycles. The Kier molecular flexibility index (Phi) is 7.41. The van der Waals surface area contributed by atoms with Crippen LogP contribution in [0.4, 0.5) is 0 Å². The molecule has 1 unspecified atom stereocenters. The van der Waals surface area contributed by atoms with Gasteiger partial charge in [-0.25, -0.2) is 0 Å². The Morgan fingerprint density at radius 3 is 2.03 bits per heavy atom. The van der Waals surface area contributed by atoms with Crippen LogP contribution in [0.25, 0.3) is 0 Å². The van der Waals surface area contributed by atoms with E-state index >= 15 is 0 Å². The number of halogens is 1. The lowest BCUT2D eigenvalue weighted by molar-refractivity contribution is 0.107. The predicted octanol–water partition coefficient (Wildman–Crippen LogP) is 5.67. The average Bonchev–Trinajstić information content (AvgIpc) is 2.79. The first-order valence-corrected chi connectivity index (χ1v) is 11.1. The summed E-state index contributed by atoms with van der Waals surface area (Å²) in [6, 6.07) is 28.8. The standard InChI is InChI=1S/C26H29ClN2O/c27-25-14-8-7-13-24(25)26(30-23-11-5-2-6-12-23)15-16-28-17-19-29(20-18-28)21-22-9-3-1-4-10-22/h1-14,26H,15-21H2. The molecule has 1 fully saturated rings. The molecule has 4 heteroatoms. The lowest BCUT2D eigenvalue weighted by Crippen LogP contribution is -2.46. The minimum Gasteiger partial charge on any atom is -0.486 e. The normalized spacial score (nSPS) is 16.3. The van der Waals surface area contributed by atoms with Gasteiger partial charge in [0.05, 0.1) is 0 Å². The van der Waals surface area contributed by atoms with E-state index in [0.717, 1.165) is 62.0 Å². The van der Waals surface area contributed by atoms with Crippen molar-refractivity contribution in [3.8, 4) is 5.75 Å². The van der Waals surface area contributed by atoms with Crippen LogP contribution in [0.5, 0.6) is 5.75 Å². The highest BCUT2D eigenvalue weighted by Gasteiger charge is 2.21. The maximum atomic E-state index is 6.50. The van der Waals surface area contributed by atoms with Crippen molar-refractivity contribution in [1.82, 2.24) is 9.80 Å². The number of hydrogen-bond acceptors (Lipinski definition) is 3. The highest BCUT2D eigenvalue weighted by molar-refractivity contribution is 6.31. The molecule has 1 aliphatic rings. The van der Waals surface area contributed by atoms with Crippen molar-refractivity contribution in [3.05, 3.63) is 101 Å². The first-order valence-electron chi connectivity index (χ1n) is 10.7. The highest BCUT2D eigenvalue weighted by Crippen LogP contribution is 2.30. The first kappa shape index (κ1) is 20.9. The van der Waals surface area contributed by atoms with E-state index in [1.54, 1.807) is 0 Å². The second kappa shape index (κ2) is 10.6. The van der Waals surface area contributed by atoms with E-state index in [-0.39, 0.29) is 6.10 Å².